The summed E-state index contributed by atoms with van der Waals surface area (Å²) in [6.07, 6.45) is 19.1. The molecule has 12 heavy (non-hydrogen) atoms. The SMILES string of the molecule is C1=C\CCCC2(/C=C\CC/1)CC2. The van der Waals surface area contributed by atoms with Crippen LogP contribution in [0.2, 0.25) is 0 Å². The summed E-state index contributed by atoms with van der Waals surface area (Å²) >= 11 is 0. The molecular formula is C12H18. The second-order valence-corrected chi connectivity index (χ2v) is 4.21. The number of allylic oxidation sites excluding steroid dienone is 4. The Bertz CT molecular complexity index is 194. The Morgan fingerprint density at radius 3 is 2.33 bits per heavy atom. The Balaban J connectivity index is 1.93. The van der Waals surface area contributed by atoms with E-state index in [9.17, 15) is 0 Å². The first kappa shape index (κ1) is 8.10. The van der Waals surface area contributed by atoms with Crippen LogP contribution in [-0.4, -0.2) is 0 Å². The second-order valence-electron chi connectivity index (χ2n) is 4.21. The highest BCUT2D eigenvalue weighted by Gasteiger charge is 2.38. The van der Waals surface area contributed by atoms with Crippen LogP contribution in [0.25, 0.3) is 0 Å². The Morgan fingerprint density at radius 2 is 1.50 bits per heavy atom. The van der Waals surface area contributed by atoms with Crippen LogP contribution in [0.3, 0.4) is 0 Å². The van der Waals surface area contributed by atoms with E-state index in [-0.39, 0.29) is 0 Å². The van der Waals surface area contributed by atoms with Crippen molar-refractivity contribution in [3.05, 3.63) is 24.3 Å². The first-order chi connectivity index (χ1) is 5.91. The van der Waals surface area contributed by atoms with Gasteiger partial charge in [0.2, 0.25) is 0 Å². The lowest BCUT2D eigenvalue weighted by Gasteiger charge is -2.09. The van der Waals surface area contributed by atoms with Gasteiger partial charge in [-0.25, -0.2) is 0 Å². The predicted molar refractivity (Wildman–Crippen MR) is 53.0 cm³/mol. The summed E-state index contributed by atoms with van der Waals surface area (Å²) < 4.78 is 0. The van der Waals surface area contributed by atoms with Crippen molar-refractivity contribution < 1.29 is 0 Å². The first-order valence-corrected chi connectivity index (χ1v) is 5.24. The Morgan fingerprint density at radius 1 is 0.750 bits per heavy atom. The lowest BCUT2D eigenvalue weighted by atomic mass is 9.97. The van der Waals surface area contributed by atoms with E-state index in [0.717, 1.165) is 0 Å². The monoisotopic (exact) mass is 162 g/mol. The van der Waals surface area contributed by atoms with Gasteiger partial charge in [-0.15, -0.1) is 0 Å². The summed E-state index contributed by atoms with van der Waals surface area (Å²) in [5.74, 6) is 0. The average Bonchev–Trinajstić information content (AvgIpc) is 2.84. The Hall–Kier alpha value is -0.520. The van der Waals surface area contributed by atoms with Crippen molar-refractivity contribution >= 4 is 0 Å². The van der Waals surface area contributed by atoms with E-state index in [1.165, 1.54) is 44.9 Å². The fourth-order valence-corrected chi connectivity index (χ4v) is 1.99. The minimum absolute atomic E-state index is 0.672. The van der Waals surface area contributed by atoms with Crippen LogP contribution in [0.15, 0.2) is 24.3 Å². The highest BCUT2D eigenvalue weighted by Crippen LogP contribution is 2.51. The molecule has 0 aromatic heterocycles. The number of hydrogen-bond acceptors (Lipinski definition) is 0. The molecule has 0 unspecified atom stereocenters. The van der Waals surface area contributed by atoms with Gasteiger partial charge in [0.1, 0.15) is 0 Å². The van der Waals surface area contributed by atoms with Gasteiger partial charge >= 0.3 is 0 Å². The molecule has 2 rings (SSSR count). The van der Waals surface area contributed by atoms with Crippen LogP contribution in [0.5, 0.6) is 0 Å². The zero-order valence-corrected chi connectivity index (χ0v) is 7.76. The van der Waals surface area contributed by atoms with Crippen LogP contribution >= 0.6 is 0 Å². The maximum absolute atomic E-state index is 2.49. The highest BCUT2D eigenvalue weighted by atomic mass is 14.4. The zero-order chi connectivity index (χ0) is 8.28. The van der Waals surface area contributed by atoms with E-state index in [2.05, 4.69) is 24.3 Å². The van der Waals surface area contributed by atoms with Gasteiger partial charge in [0.25, 0.3) is 0 Å². The molecule has 0 aromatic carbocycles. The fourth-order valence-electron chi connectivity index (χ4n) is 1.99. The summed E-state index contributed by atoms with van der Waals surface area (Å²) in [5.41, 5.74) is 0.672. The first-order valence-electron chi connectivity index (χ1n) is 5.24. The molecule has 0 atom stereocenters. The third-order valence-electron chi connectivity index (χ3n) is 3.08. The minimum Gasteiger partial charge on any atom is -0.0885 e. The third-order valence-corrected chi connectivity index (χ3v) is 3.08. The van der Waals surface area contributed by atoms with Crippen molar-refractivity contribution in [1.82, 2.24) is 0 Å². The van der Waals surface area contributed by atoms with Crippen LogP contribution in [-0.2, 0) is 0 Å². The molecular weight excluding hydrogens is 144 g/mol. The largest absolute Gasteiger partial charge is 0.0885 e. The van der Waals surface area contributed by atoms with E-state index in [4.69, 9.17) is 0 Å². The summed E-state index contributed by atoms with van der Waals surface area (Å²) in [4.78, 5) is 0. The molecule has 0 N–H and O–H groups in total. The van der Waals surface area contributed by atoms with E-state index in [1.54, 1.807) is 0 Å². The molecule has 0 aliphatic heterocycles. The van der Waals surface area contributed by atoms with Gasteiger partial charge in [-0.1, -0.05) is 24.3 Å². The van der Waals surface area contributed by atoms with E-state index in [0.29, 0.717) is 5.41 Å². The lowest BCUT2D eigenvalue weighted by Crippen LogP contribution is -1.95. The Labute approximate surface area is 75.4 Å². The molecule has 0 heteroatoms. The molecule has 1 saturated carbocycles. The van der Waals surface area contributed by atoms with Crippen molar-refractivity contribution in [2.75, 3.05) is 0 Å². The molecule has 1 fully saturated rings. The zero-order valence-electron chi connectivity index (χ0n) is 7.76. The van der Waals surface area contributed by atoms with Gasteiger partial charge < -0.3 is 0 Å². The van der Waals surface area contributed by atoms with Crippen molar-refractivity contribution in [2.24, 2.45) is 5.41 Å². The van der Waals surface area contributed by atoms with Crippen LogP contribution in [0.1, 0.15) is 44.9 Å². The Kier molecular flexibility index (Phi) is 2.34. The van der Waals surface area contributed by atoms with Crippen LogP contribution in [0, 0.1) is 5.41 Å². The van der Waals surface area contributed by atoms with Gasteiger partial charge in [0.05, 0.1) is 0 Å². The van der Waals surface area contributed by atoms with Gasteiger partial charge in [-0.3, -0.25) is 0 Å². The van der Waals surface area contributed by atoms with Gasteiger partial charge in [0.15, 0.2) is 0 Å². The molecule has 2 aliphatic carbocycles. The van der Waals surface area contributed by atoms with E-state index < -0.39 is 0 Å². The van der Waals surface area contributed by atoms with Crippen molar-refractivity contribution in [1.29, 1.82) is 0 Å². The maximum atomic E-state index is 2.49. The summed E-state index contributed by atoms with van der Waals surface area (Å²) in [6, 6.07) is 0. The molecule has 0 bridgehead atoms. The lowest BCUT2D eigenvalue weighted by molar-refractivity contribution is 0.552. The predicted octanol–water partition coefficient (Wildman–Crippen LogP) is 3.84. The highest BCUT2D eigenvalue weighted by molar-refractivity contribution is 5.10. The summed E-state index contributed by atoms with van der Waals surface area (Å²) in [5, 5.41) is 0. The minimum atomic E-state index is 0.672. The van der Waals surface area contributed by atoms with Crippen LogP contribution < -0.4 is 0 Å². The molecule has 0 aromatic rings. The molecule has 0 heterocycles. The second kappa shape index (κ2) is 3.47. The van der Waals surface area contributed by atoms with E-state index >= 15 is 0 Å². The van der Waals surface area contributed by atoms with Crippen molar-refractivity contribution in [2.45, 2.75) is 44.9 Å². The summed E-state index contributed by atoms with van der Waals surface area (Å²) in [6.45, 7) is 0. The number of rotatable bonds is 0. The van der Waals surface area contributed by atoms with Crippen molar-refractivity contribution in [3.63, 3.8) is 0 Å². The third kappa shape index (κ3) is 2.00. The molecule has 0 amide bonds. The fraction of sp³-hybridized carbons (Fsp3) is 0.667. The molecule has 2 aliphatic rings. The standard InChI is InChI=1S/C12H18/c1-2-4-6-8-12(10-11-12)9-7-5-3-1/h1-2,7,9H,3-6,8,10-11H2/b2-1-,9-7-. The van der Waals surface area contributed by atoms with Gasteiger partial charge in [-0.2, -0.15) is 0 Å². The molecule has 0 saturated heterocycles. The molecule has 66 valence electrons. The summed E-state index contributed by atoms with van der Waals surface area (Å²) in [7, 11) is 0. The topological polar surface area (TPSA) is 0 Å². The van der Waals surface area contributed by atoms with E-state index in [1.807, 2.05) is 0 Å². The smallest absolute Gasteiger partial charge is 0.0117 e. The molecule has 1 spiro atoms. The van der Waals surface area contributed by atoms with Crippen LogP contribution in [0.4, 0.5) is 0 Å². The van der Waals surface area contributed by atoms with Gasteiger partial charge in [0, 0.05) is 0 Å². The van der Waals surface area contributed by atoms with Gasteiger partial charge in [-0.05, 0) is 50.4 Å². The van der Waals surface area contributed by atoms with Crippen molar-refractivity contribution in [3.8, 4) is 0 Å². The quantitative estimate of drug-likeness (QED) is 0.475. The average molecular weight is 162 g/mol. The molecule has 0 nitrogen and oxygen atoms in total. The normalized spacial score (nSPS) is 32.7. The number of hydrogen-bond donors (Lipinski definition) is 0. The molecule has 0 radical (unpaired) electrons. The maximum Gasteiger partial charge on any atom is -0.0117 e.